The number of thiocarbonyl (C=S) groups is 1. The number of hydrogen-bond acceptors (Lipinski definition) is 2. The predicted octanol–water partition coefficient (Wildman–Crippen LogP) is 3.64. The van der Waals surface area contributed by atoms with Gasteiger partial charge >= 0.3 is 0 Å². The van der Waals surface area contributed by atoms with Crippen molar-refractivity contribution in [1.82, 2.24) is 4.98 Å². The Morgan fingerprint density at radius 3 is 2.78 bits per heavy atom. The number of aromatic nitrogens is 1. The van der Waals surface area contributed by atoms with E-state index in [1.165, 1.54) is 0 Å². The number of rotatable bonds is 1. The summed E-state index contributed by atoms with van der Waals surface area (Å²) in [6.07, 6.45) is 1.92. The van der Waals surface area contributed by atoms with E-state index in [2.05, 4.69) is 28.5 Å². The van der Waals surface area contributed by atoms with Crippen LogP contribution in [0.1, 0.15) is 19.4 Å². The first kappa shape index (κ1) is 11.3. The highest BCUT2D eigenvalue weighted by Crippen LogP contribution is 2.37. The Kier molecular flexibility index (Phi) is 2.41. The van der Waals surface area contributed by atoms with Crippen LogP contribution in [0.2, 0.25) is 0 Å². The van der Waals surface area contributed by atoms with Crippen LogP contribution in [0.5, 0.6) is 0 Å². The summed E-state index contributed by atoms with van der Waals surface area (Å²) in [5.74, 6) is 0. The fourth-order valence-corrected chi connectivity index (χ4v) is 2.57. The van der Waals surface area contributed by atoms with Crippen molar-refractivity contribution in [3.8, 4) is 11.3 Å². The summed E-state index contributed by atoms with van der Waals surface area (Å²) in [6, 6.07) is 10.3. The fourth-order valence-electron chi connectivity index (χ4n) is 2.25. The smallest absolute Gasteiger partial charge is 0.262 e. The molecule has 0 radical (unpaired) electrons. The number of aromatic amines is 1. The van der Waals surface area contributed by atoms with Gasteiger partial charge in [-0.15, -0.1) is 0 Å². The molecule has 4 heteroatoms. The van der Waals surface area contributed by atoms with Gasteiger partial charge in [-0.3, -0.25) is 0 Å². The zero-order valence-electron chi connectivity index (χ0n) is 10.3. The van der Waals surface area contributed by atoms with Gasteiger partial charge in [-0.05, 0) is 55.9 Å². The van der Waals surface area contributed by atoms with E-state index in [1.807, 2.05) is 32.2 Å². The standard InChI is InChI=1S/C14H14N2OS/c1-14(2)10-8-9(11-4-3-7-15-11)5-6-12(10)16-13(18)17-14/h3-8,15H,1-2H3,(H,16,18). The minimum Gasteiger partial charge on any atom is -0.460 e. The Morgan fingerprint density at radius 1 is 1.22 bits per heavy atom. The lowest BCUT2D eigenvalue weighted by molar-refractivity contribution is 0.0947. The molecule has 1 aliphatic rings. The van der Waals surface area contributed by atoms with Crippen molar-refractivity contribution in [3.05, 3.63) is 42.1 Å². The summed E-state index contributed by atoms with van der Waals surface area (Å²) in [5, 5.41) is 3.52. The van der Waals surface area contributed by atoms with Crippen molar-refractivity contribution in [2.75, 3.05) is 5.32 Å². The van der Waals surface area contributed by atoms with Crippen LogP contribution in [0.15, 0.2) is 36.5 Å². The molecule has 0 unspecified atom stereocenters. The predicted molar refractivity (Wildman–Crippen MR) is 76.6 cm³/mol. The van der Waals surface area contributed by atoms with Crippen LogP contribution in [0, 0.1) is 0 Å². The summed E-state index contributed by atoms with van der Waals surface area (Å²) < 4.78 is 5.68. The molecule has 0 saturated carbocycles. The number of benzene rings is 1. The zero-order valence-corrected chi connectivity index (χ0v) is 11.1. The van der Waals surface area contributed by atoms with Gasteiger partial charge in [0, 0.05) is 23.1 Å². The molecule has 1 aliphatic heterocycles. The van der Waals surface area contributed by atoms with Crippen LogP contribution in [-0.2, 0) is 10.3 Å². The number of H-pyrrole nitrogens is 1. The first-order valence-electron chi connectivity index (χ1n) is 5.84. The second-order valence-corrected chi connectivity index (χ2v) is 5.24. The average Bonchev–Trinajstić information content (AvgIpc) is 2.81. The van der Waals surface area contributed by atoms with Crippen molar-refractivity contribution >= 4 is 23.1 Å². The highest BCUT2D eigenvalue weighted by Gasteiger charge is 2.31. The molecule has 0 spiro atoms. The first-order valence-corrected chi connectivity index (χ1v) is 6.25. The minimum atomic E-state index is -0.403. The number of nitrogens with one attached hydrogen (secondary N) is 2. The Balaban J connectivity index is 2.13. The van der Waals surface area contributed by atoms with E-state index in [0.717, 1.165) is 22.5 Å². The van der Waals surface area contributed by atoms with Gasteiger partial charge < -0.3 is 15.0 Å². The van der Waals surface area contributed by atoms with E-state index in [4.69, 9.17) is 17.0 Å². The van der Waals surface area contributed by atoms with Gasteiger partial charge in [-0.1, -0.05) is 6.07 Å². The van der Waals surface area contributed by atoms with Crippen molar-refractivity contribution in [1.29, 1.82) is 0 Å². The SMILES string of the molecule is CC1(C)OC(=S)Nc2ccc(-c3ccc[nH]3)cc21. The molecule has 0 amide bonds. The first-order chi connectivity index (χ1) is 8.56. The Morgan fingerprint density at radius 2 is 2.06 bits per heavy atom. The number of fused-ring (bicyclic) bond motifs is 1. The van der Waals surface area contributed by atoms with E-state index in [9.17, 15) is 0 Å². The molecule has 1 aromatic heterocycles. The van der Waals surface area contributed by atoms with Crippen molar-refractivity contribution in [2.45, 2.75) is 19.4 Å². The Bertz CT molecular complexity index is 602. The van der Waals surface area contributed by atoms with Crippen LogP contribution in [0.4, 0.5) is 5.69 Å². The lowest BCUT2D eigenvalue weighted by Gasteiger charge is -2.34. The third kappa shape index (κ3) is 1.78. The third-order valence-electron chi connectivity index (χ3n) is 3.16. The van der Waals surface area contributed by atoms with E-state index in [1.54, 1.807) is 0 Å². The molecule has 2 aromatic rings. The molecule has 3 rings (SSSR count). The molecule has 0 atom stereocenters. The summed E-state index contributed by atoms with van der Waals surface area (Å²) in [5.41, 5.74) is 3.97. The highest BCUT2D eigenvalue weighted by molar-refractivity contribution is 7.80. The number of hydrogen-bond donors (Lipinski definition) is 2. The maximum absolute atomic E-state index is 5.68. The van der Waals surface area contributed by atoms with Crippen LogP contribution >= 0.6 is 12.2 Å². The van der Waals surface area contributed by atoms with Gasteiger partial charge in [-0.25, -0.2) is 0 Å². The Hall–Kier alpha value is -1.81. The lowest BCUT2D eigenvalue weighted by Crippen LogP contribution is -2.34. The van der Waals surface area contributed by atoms with E-state index in [-0.39, 0.29) is 0 Å². The second-order valence-electron chi connectivity index (χ2n) is 4.87. The summed E-state index contributed by atoms with van der Waals surface area (Å²) in [7, 11) is 0. The van der Waals surface area contributed by atoms with E-state index in [0.29, 0.717) is 5.17 Å². The minimum absolute atomic E-state index is 0.403. The molecular formula is C14H14N2OS. The van der Waals surface area contributed by atoms with Crippen molar-refractivity contribution < 1.29 is 4.74 Å². The molecular weight excluding hydrogens is 244 g/mol. The zero-order chi connectivity index (χ0) is 12.8. The van der Waals surface area contributed by atoms with Crippen LogP contribution in [0.25, 0.3) is 11.3 Å². The normalized spacial score (nSPS) is 16.7. The summed E-state index contributed by atoms with van der Waals surface area (Å²) in [6.45, 7) is 4.05. The second kappa shape index (κ2) is 3.85. The monoisotopic (exact) mass is 258 g/mol. The molecule has 0 saturated heterocycles. The van der Waals surface area contributed by atoms with Crippen LogP contribution in [-0.4, -0.2) is 10.2 Å². The quantitative estimate of drug-likeness (QED) is 0.767. The molecule has 92 valence electrons. The summed E-state index contributed by atoms with van der Waals surface area (Å²) in [4.78, 5) is 3.21. The average molecular weight is 258 g/mol. The van der Waals surface area contributed by atoms with Crippen LogP contribution < -0.4 is 5.32 Å². The maximum Gasteiger partial charge on any atom is 0.262 e. The molecule has 1 aromatic carbocycles. The topological polar surface area (TPSA) is 37.0 Å². The van der Waals surface area contributed by atoms with Crippen molar-refractivity contribution in [3.63, 3.8) is 0 Å². The molecule has 0 fully saturated rings. The number of ether oxygens (including phenoxy) is 1. The summed E-state index contributed by atoms with van der Waals surface area (Å²) >= 11 is 5.10. The number of anilines is 1. The van der Waals surface area contributed by atoms with E-state index < -0.39 is 5.60 Å². The maximum atomic E-state index is 5.68. The third-order valence-corrected chi connectivity index (χ3v) is 3.35. The van der Waals surface area contributed by atoms with E-state index >= 15 is 0 Å². The highest BCUT2D eigenvalue weighted by atomic mass is 32.1. The van der Waals surface area contributed by atoms with Crippen molar-refractivity contribution in [2.24, 2.45) is 0 Å². The molecule has 3 nitrogen and oxygen atoms in total. The lowest BCUT2D eigenvalue weighted by atomic mass is 9.92. The van der Waals surface area contributed by atoms with Gasteiger partial charge in [0.05, 0.1) is 0 Å². The Labute approximate surface area is 111 Å². The van der Waals surface area contributed by atoms with Gasteiger partial charge in [0.1, 0.15) is 5.60 Å². The largest absolute Gasteiger partial charge is 0.460 e. The fraction of sp³-hybridized carbons (Fsp3) is 0.214. The van der Waals surface area contributed by atoms with Gasteiger partial charge in [0.25, 0.3) is 5.17 Å². The van der Waals surface area contributed by atoms with Crippen LogP contribution in [0.3, 0.4) is 0 Å². The molecule has 2 N–H and O–H groups in total. The molecule has 2 heterocycles. The molecule has 0 bridgehead atoms. The van der Waals surface area contributed by atoms with Gasteiger partial charge in [0.15, 0.2) is 0 Å². The van der Waals surface area contributed by atoms with Gasteiger partial charge in [0.2, 0.25) is 0 Å². The molecule has 0 aliphatic carbocycles. The van der Waals surface area contributed by atoms with Gasteiger partial charge in [-0.2, -0.15) is 0 Å². The molecule has 18 heavy (non-hydrogen) atoms.